The van der Waals surface area contributed by atoms with Gasteiger partial charge >= 0.3 is 0 Å². The van der Waals surface area contributed by atoms with Gasteiger partial charge in [0.15, 0.2) is 0 Å². The minimum Gasteiger partial charge on any atom is -0.456 e. The Labute approximate surface area is 333 Å². The zero-order chi connectivity index (χ0) is 38.0. The molecule has 0 spiro atoms. The van der Waals surface area contributed by atoms with Gasteiger partial charge in [0, 0.05) is 27.8 Å². The van der Waals surface area contributed by atoms with Gasteiger partial charge in [-0.2, -0.15) is 0 Å². The largest absolute Gasteiger partial charge is 0.456 e. The SMILES string of the molecule is c1ccc(-c2ccc(N(c3ccc(-c4ccc5oc6ccccc6c5c4)cc3)c3ccc(C(c4ccccc4)(c4ccccc4)c4ccccc4)cc3)cc2)cc1. The second-order valence-corrected chi connectivity index (χ2v) is 14.5. The Morgan fingerprint density at radius 3 is 1.18 bits per heavy atom. The van der Waals surface area contributed by atoms with Crippen LogP contribution in [0.3, 0.4) is 0 Å². The van der Waals surface area contributed by atoms with E-state index in [4.69, 9.17) is 4.42 Å². The fraction of sp³-hybridized carbons (Fsp3) is 0.0182. The van der Waals surface area contributed by atoms with E-state index in [0.717, 1.165) is 50.1 Å². The van der Waals surface area contributed by atoms with Crippen LogP contribution < -0.4 is 4.90 Å². The van der Waals surface area contributed by atoms with Crippen LogP contribution in [0.2, 0.25) is 0 Å². The third-order valence-electron chi connectivity index (χ3n) is 11.2. The Kier molecular flexibility index (Phi) is 8.78. The molecule has 2 nitrogen and oxygen atoms in total. The summed E-state index contributed by atoms with van der Waals surface area (Å²) in [5, 5.41) is 2.26. The van der Waals surface area contributed by atoms with Crippen molar-refractivity contribution in [1.82, 2.24) is 0 Å². The Morgan fingerprint density at radius 1 is 0.281 bits per heavy atom. The van der Waals surface area contributed by atoms with Gasteiger partial charge in [-0.25, -0.2) is 0 Å². The van der Waals surface area contributed by atoms with Crippen LogP contribution in [0, 0.1) is 0 Å². The molecule has 1 heterocycles. The van der Waals surface area contributed by atoms with E-state index in [1.807, 2.05) is 12.1 Å². The zero-order valence-corrected chi connectivity index (χ0v) is 31.4. The number of hydrogen-bond donors (Lipinski definition) is 0. The predicted octanol–water partition coefficient (Wildman–Crippen LogP) is 14.8. The lowest BCUT2D eigenvalue weighted by Gasteiger charge is -2.37. The van der Waals surface area contributed by atoms with Crippen LogP contribution in [0.5, 0.6) is 0 Å². The molecule has 0 bridgehead atoms. The molecule has 0 radical (unpaired) electrons. The number of furan rings is 1. The molecule has 10 aromatic rings. The van der Waals surface area contributed by atoms with Crippen molar-refractivity contribution in [2.45, 2.75) is 5.41 Å². The Bertz CT molecular complexity index is 2800. The van der Waals surface area contributed by atoms with E-state index in [1.165, 1.54) is 33.4 Å². The lowest BCUT2D eigenvalue weighted by Crippen LogP contribution is -2.31. The van der Waals surface area contributed by atoms with Gasteiger partial charge in [-0.05, 0) is 99.1 Å². The number of anilines is 3. The summed E-state index contributed by atoms with van der Waals surface area (Å²) in [7, 11) is 0. The van der Waals surface area contributed by atoms with E-state index >= 15 is 0 Å². The fourth-order valence-electron chi connectivity index (χ4n) is 8.51. The quantitative estimate of drug-likeness (QED) is 0.138. The van der Waals surface area contributed by atoms with Gasteiger partial charge in [-0.3, -0.25) is 0 Å². The zero-order valence-electron chi connectivity index (χ0n) is 31.4. The van der Waals surface area contributed by atoms with Crippen molar-refractivity contribution in [3.63, 3.8) is 0 Å². The molecule has 270 valence electrons. The first-order valence-corrected chi connectivity index (χ1v) is 19.5. The highest BCUT2D eigenvalue weighted by molar-refractivity contribution is 6.06. The second-order valence-electron chi connectivity index (χ2n) is 14.5. The van der Waals surface area contributed by atoms with Gasteiger partial charge in [0.2, 0.25) is 0 Å². The molecule has 0 saturated carbocycles. The molecule has 0 aliphatic carbocycles. The minimum absolute atomic E-state index is 0.520. The first kappa shape index (κ1) is 34.1. The summed E-state index contributed by atoms with van der Waals surface area (Å²) in [6, 6.07) is 84.9. The van der Waals surface area contributed by atoms with E-state index in [-0.39, 0.29) is 0 Å². The molecule has 0 fully saturated rings. The van der Waals surface area contributed by atoms with Gasteiger partial charge in [0.25, 0.3) is 0 Å². The van der Waals surface area contributed by atoms with E-state index in [2.05, 4.69) is 229 Å². The molecule has 0 aliphatic rings. The monoisotopic (exact) mass is 729 g/mol. The summed E-state index contributed by atoms with van der Waals surface area (Å²) >= 11 is 0. The van der Waals surface area contributed by atoms with Gasteiger partial charge in [0.1, 0.15) is 11.2 Å². The third-order valence-corrected chi connectivity index (χ3v) is 11.2. The van der Waals surface area contributed by atoms with Crippen LogP contribution >= 0.6 is 0 Å². The molecule has 10 rings (SSSR count). The summed E-state index contributed by atoms with van der Waals surface area (Å²) in [6.07, 6.45) is 0. The number of hydrogen-bond acceptors (Lipinski definition) is 2. The molecule has 57 heavy (non-hydrogen) atoms. The van der Waals surface area contributed by atoms with Crippen molar-refractivity contribution in [1.29, 1.82) is 0 Å². The van der Waals surface area contributed by atoms with Crippen LogP contribution in [0.15, 0.2) is 241 Å². The maximum absolute atomic E-state index is 6.13. The maximum Gasteiger partial charge on any atom is 0.135 e. The highest BCUT2D eigenvalue weighted by atomic mass is 16.3. The molecule has 0 atom stereocenters. The lowest BCUT2D eigenvalue weighted by atomic mass is 9.65. The Hall–Kier alpha value is -7.42. The van der Waals surface area contributed by atoms with Crippen molar-refractivity contribution < 1.29 is 4.42 Å². The van der Waals surface area contributed by atoms with Gasteiger partial charge in [-0.15, -0.1) is 0 Å². The van der Waals surface area contributed by atoms with E-state index in [9.17, 15) is 0 Å². The van der Waals surface area contributed by atoms with Crippen LogP contribution in [-0.4, -0.2) is 0 Å². The van der Waals surface area contributed by atoms with Crippen molar-refractivity contribution >= 4 is 39.0 Å². The molecule has 0 N–H and O–H groups in total. The predicted molar refractivity (Wildman–Crippen MR) is 238 cm³/mol. The van der Waals surface area contributed by atoms with Crippen molar-refractivity contribution in [3.8, 4) is 22.3 Å². The van der Waals surface area contributed by atoms with Crippen molar-refractivity contribution in [2.75, 3.05) is 4.90 Å². The Balaban J connectivity index is 1.09. The number of para-hydroxylation sites is 1. The van der Waals surface area contributed by atoms with Gasteiger partial charge in [-0.1, -0.05) is 182 Å². The molecule has 9 aromatic carbocycles. The first-order chi connectivity index (χ1) is 28.3. The maximum atomic E-state index is 6.13. The number of nitrogens with zero attached hydrogens (tertiary/aromatic N) is 1. The van der Waals surface area contributed by atoms with Crippen LogP contribution in [0.4, 0.5) is 17.1 Å². The van der Waals surface area contributed by atoms with E-state index < -0.39 is 5.41 Å². The van der Waals surface area contributed by atoms with Gasteiger partial charge < -0.3 is 9.32 Å². The highest BCUT2D eigenvalue weighted by Crippen LogP contribution is 2.46. The molecule has 1 aromatic heterocycles. The summed E-state index contributed by atoms with van der Waals surface area (Å²) in [4.78, 5) is 2.35. The minimum atomic E-state index is -0.520. The van der Waals surface area contributed by atoms with E-state index in [0.29, 0.717) is 0 Å². The standard InChI is InChI=1S/C55H39NO/c1-5-15-40(16-6-1)41-25-32-48(33-26-41)56(49-34-27-42(28-35-49)43-29-38-54-52(39-43)51-23-13-14-24-53(51)57-54)50-36-30-47(31-37-50)55(44-17-7-2-8-18-44,45-19-9-3-10-20-45)46-21-11-4-12-22-46/h1-39H. The summed E-state index contributed by atoms with van der Waals surface area (Å²) in [5.74, 6) is 0. The molecular weight excluding hydrogens is 691 g/mol. The van der Waals surface area contributed by atoms with Crippen LogP contribution in [0.1, 0.15) is 22.3 Å². The summed E-state index contributed by atoms with van der Waals surface area (Å²) < 4.78 is 6.13. The molecular formula is C55H39NO. The number of rotatable bonds is 9. The van der Waals surface area contributed by atoms with Crippen LogP contribution in [-0.2, 0) is 5.41 Å². The normalized spacial score (nSPS) is 11.5. The molecule has 0 amide bonds. The average molecular weight is 730 g/mol. The first-order valence-electron chi connectivity index (χ1n) is 19.5. The highest BCUT2D eigenvalue weighted by Gasteiger charge is 2.38. The van der Waals surface area contributed by atoms with Gasteiger partial charge in [0.05, 0.1) is 5.41 Å². The number of fused-ring (bicyclic) bond motifs is 3. The second kappa shape index (κ2) is 14.7. The topological polar surface area (TPSA) is 16.4 Å². The summed E-state index contributed by atoms with van der Waals surface area (Å²) in [6.45, 7) is 0. The summed E-state index contributed by atoms with van der Waals surface area (Å²) in [5.41, 5.74) is 14.1. The lowest BCUT2D eigenvalue weighted by molar-refractivity contribution is 0.669. The van der Waals surface area contributed by atoms with E-state index in [1.54, 1.807) is 0 Å². The molecule has 0 aliphatic heterocycles. The fourth-order valence-corrected chi connectivity index (χ4v) is 8.51. The van der Waals surface area contributed by atoms with Crippen molar-refractivity contribution in [2.24, 2.45) is 0 Å². The molecule has 0 saturated heterocycles. The molecule has 2 heteroatoms. The smallest absolute Gasteiger partial charge is 0.135 e. The van der Waals surface area contributed by atoms with Crippen molar-refractivity contribution in [3.05, 3.63) is 259 Å². The Morgan fingerprint density at radius 2 is 0.649 bits per heavy atom. The average Bonchev–Trinajstić information content (AvgIpc) is 3.67. The number of benzene rings is 9. The third kappa shape index (κ3) is 6.18. The molecule has 0 unspecified atom stereocenters. The van der Waals surface area contributed by atoms with Crippen LogP contribution in [0.25, 0.3) is 44.2 Å².